The molecule has 0 saturated heterocycles. The Kier molecular flexibility index (Phi) is 2.60. The lowest BCUT2D eigenvalue weighted by atomic mass is 10.1. The predicted octanol–water partition coefficient (Wildman–Crippen LogP) is 4.52. The van der Waals surface area contributed by atoms with Crippen molar-refractivity contribution in [2.75, 3.05) is 5.32 Å². The molecular formula is C15H15NS. The van der Waals surface area contributed by atoms with Crippen LogP contribution < -0.4 is 5.32 Å². The number of benzene rings is 2. The summed E-state index contributed by atoms with van der Waals surface area (Å²) in [6.45, 7) is 4.26. The number of anilines is 1. The Morgan fingerprint density at radius 2 is 1.65 bits per heavy atom. The molecule has 0 amide bonds. The minimum Gasteiger partial charge on any atom is -0.368 e. The van der Waals surface area contributed by atoms with Crippen molar-refractivity contribution < 1.29 is 0 Å². The van der Waals surface area contributed by atoms with Crippen molar-refractivity contribution in [3.8, 4) is 0 Å². The van der Waals surface area contributed by atoms with Crippen LogP contribution in [0.3, 0.4) is 0 Å². The van der Waals surface area contributed by atoms with Crippen LogP contribution in [-0.2, 0) is 0 Å². The minimum absolute atomic E-state index is 0.354. The second-order valence-corrected chi connectivity index (χ2v) is 5.70. The van der Waals surface area contributed by atoms with Crippen molar-refractivity contribution in [3.63, 3.8) is 0 Å². The van der Waals surface area contributed by atoms with E-state index in [1.807, 2.05) is 11.8 Å². The van der Waals surface area contributed by atoms with E-state index in [-0.39, 0.29) is 0 Å². The lowest BCUT2D eigenvalue weighted by molar-refractivity contribution is 1.13. The monoisotopic (exact) mass is 241 g/mol. The van der Waals surface area contributed by atoms with E-state index in [1.165, 1.54) is 27.3 Å². The zero-order chi connectivity index (χ0) is 11.8. The third-order valence-electron chi connectivity index (χ3n) is 3.05. The summed E-state index contributed by atoms with van der Waals surface area (Å²) in [6, 6.07) is 15.3. The van der Waals surface area contributed by atoms with Gasteiger partial charge in [-0.15, -0.1) is 0 Å². The van der Waals surface area contributed by atoms with E-state index in [1.54, 1.807) is 0 Å². The molecule has 0 spiro atoms. The van der Waals surface area contributed by atoms with Gasteiger partial charge in [0.15, 0.2) is 0 Å². The summed E-state index contributed by atoms with van der Waals surface area (Å²) >= 11 is 1.90. The molecule has 0 fully saturated rings. The molecule has 86 valence electrons. The zero-order valence-corrected chi connectivity index (χ0v) is 10.8. The largest absolute Gasteiger partial charge is 0.368 e. The first-order valence-electron chi connectivity index (χ1n) is 5.83. The van der Waals surface area contributed by atoms with Crippen molar-refractivity contribution >= 4 is 17.4 Å². The molecule has 1 aliphatic rings. The average Bonchev–Trinajstić information content (AvgIpc) is 2.72. The number of rotatable bonds is 1. The summed E-state index contributed by atoms with van der Waals surface area (Å²) in [4.78, 5) is 1.36. The fourth-order valence-electron chi connectivity index (χ4n) is 2.04. The van der Waals surface area contributed by atoms with Crippen LogP contribution in [0.4, 0.5) is 5.69 Å². The standard InChI is InChI=1S/C15H15NS/c1-10-3-6-12(7-4-10)15-16-13-8-5-11(2)9-14(13)17-15/h3-9,15-16H,1-2H3. The highest BCUT2D eigenvalue weighted by atomic mass is 32.2. The van der Waals surface area contributed by atoms with E-state index >= 15 is 0 Å². The number of nitrogens with one attached hydrogen (secondary N) is 1. The fraction of sp³-hybridized carbons (Fsp3) is 0.200. The van der Waals surface area contributed by atoms with Crippen molar-refractivity contribution in [1.82, 2.24) is 0 Å². The Hall–Kier alpha value is -1.41. The first-order valence-corrected chi connectivity index (χ1v) is 6.71. The van der Waals surface area contributed by atoms with Crippen LogP contribution >= 0.6 is 11.8 Å². The molecule has 2 heteroatoms. The normalized spacial score (nSPS) is 17.6. The van der Waals surface area contributed by atoms with Crippen LogP contribution in [-0.4, -0.2) is 0 Å². The van der Waals surface area contributed by atoms with E-state index in [4.69, 9.17) is 0 Å². The van der Waals surface area contributed by atoms with Gasteiger partial charge in [-0.3, -0.25) is 0 Å². The van der Waals surface area contributed by atoms with Gasteiger partial charge in [-0.05, 0) is 37.1 Å². The maximum atomic E-state index is 3.56. The Balaban J connectivity index is 1.88. The minimum atomic E-state index is 0.354. The van der Waals surface area contributed by atoms with Gasteiger partial charge >= 0.3 is 0 Å². The number of fused-ring (bicyclic) bond motifs is 1. The van der Waals surface area contributed by atoms with Gasteiger partial charge < -0.3 is 5.32 Å². The van der Waals surface area contributed by atoms with E-state index in [2.05, 4.69) is 61.6 Å². The Bertz CT molecular complexity index is 545. The number of aryl methyl sites for hydroxylation is 2. The summed E-state index contributed by atoms with van der Waals surface area (Å²) in [5.74, 6) is 0. The molecule has 1 heterocycles. The summed E-state index contributed by atoms with van der Waals surface area (Å²) in [6.07, 6.45) is 0. The topological polar surface area (TPSA) is 12.0 Å². The van der Waals surface area contributed by atoms with Crippen LogP contribution in [0, 0.1) is 13.8 Å². The molecule has 1 atom stereocenters. The summed E-state index contributed by atoms with van der Waals surface area (Å²) in [7, 11) is 0. The van der Waals surface area contributed by atoms with Gasteiger partial charge in [-0.25, -0.2) is 0 Å². The van der Waals surface area contributed by atoms with E-state index in [0.717, 1.165) is 0 Å². The third kappa shape index (κ3) is 2.05. The highest BCUT2D eigenvalue weighted by Crippen LogP contribution is 2.46. The molecule has 0 bridgehead atoms. The Morgan fingerprint density at radius 1 is 0.941 bits per heavy atom. The third-order valence-corrected chi connectivity index (χ3v) is 4.27. The molecule has 2 aromatic carbocycles. The molecule has 17 heavy (non-hydrogen) atoms. The molecular weight excluding hydrogens is 226 g/mol. The van der Waals surface area contributed by atoms with Crippen molar-refractivity contribution in [3.05, 3.63) is 59.2 Å². The molecule has 2 aromatic rings. The number of hydrogen-bond acceptors (Lipinski definition) is 2. The predicted molar refractivity (Wildman–Crippen MR) is 74.6 cm³/mol. The quantitative estimate of drug-likeness (QED) is 0.787. The molecule has 0 radical (unpaired) electrons. The highest BCUT2D eigenvalue weighted by Gasteiger charge is 2.22. The number of thioether (sulfide) groups is 1. The van der Waals surface area contributed by atoms with Gasteiger partial charge in [0.05, 0.1) is 0 Å². The SMILES string of the molecule is Cc1ccc(C2Nc3ccc(C)cc3S2)cc1. The van der Waals surface area contributed by atoms with E-state index < -0.39 is 0 Å². The van der Waals surface area contributed by atoms with Crippen molar-refractivity contribution in [1.29, 1.82) is 0 Å². The van der Waals surface area contributed by atoms with Crippen LogP contribution in [0.1, 0.15) is 22.1 Å². The number of hydrogen-bond donors (Lipinski definition) is 1. The zero-order valence-electron chi connectivity index (χ0n) is 10.0. The Labute approximate surface area is 106 Å². The van der Waals surface area contributed by atoms with E-state index in [0.29, 0.717) is 5.37 Å². The molecule has 1 unspecified atom stereocenters. The molecule has 1 N–H and O–H groups in total. The van der Waals surface area contributed by atoms with Gasteiger partial charge in [0.25, 0.3) is 0 Å². The van der Waals surface area contributed by atoms with Crippen LogP contribution in [0.5, 0.6) is 0 Å². The van der Waals surface area contributed by atoms with Gasteiger partial charge in [0, 0.05) is 10.6 Å². The molecule has 0 saturated carbocycles. The lowest BCUT2D eigenvalue weighted by Crippen LogP contribution is -2.00. The molecule has 3 rings (SSSR count). The lowest BCUT2D eigenvalue weighted by Gasteiger charge is -2.10. The van der Waals surface area contributed by atoms with Gasteiger partial charge in [0.1, 0.15) is 5.37 Å². The molecule has 0 aromatic heterocycles. The first kappa shape index (κ1) is 10.7. The molecule has 1 nitrogen and oxygen atoms in total. The van der Waals surface area contributed by atoms with E-state index in [9.17, 15) is 0 Å². The van der Waals surface area contributed by atoms with Crippen LogP contribution in [0.15, 0.2) is 47.4 Å². The molecule has 0 aliphatic carbocycles. The second kappa shape index (κ2) is 4.11. The Morgan fingerprint density at radius 3 is 2.41 bits per heavy atom. The average molecular weight is 241 g/mol. The highest BCUT2D eigenvalue weighted by molar-refractivity contribution is 8.00. The van der Waals surface area contributed by atoms with Crippen molar-refractivity contribution in [2.45, 2.75) is 24.1 Å². The summed E-state index contributed by atoms with van der Waals surface area (Å²) < 4.78 is 0. The van der Waals surface area contributed by atoms with Crippen molar-refractivity contribution in [2.24, 2.45) is 0 Å². The molecule has 1 aliphatic heterocycles. The van der Waals surface area contributed by atoms with Crippen LogP contribution in [0.2, 0.25) is 0 Å². The smallest absolute Gasteiger partial charge is 0.103 e. The second-order valence-electron chi connectivity index (χ2n) is 4.55. The van der Waals surface area contributed by atoms with Gasteiger partial charge in [-0.2, -0.15) is 0 Å². The maximum absolute atomic E-state index is 3.56. The first-order chi connectivity index (χ1) is 8.22. The summed E-state index contributed by atoms with van der Waals surface area (Å²) in [5, 5.41) is 3.91. The summed E-state index contributed by atoms with van der Waals surface area (Å²) in [5.41, 5.74) is 5.23. The van der Waals surface area contributed by atoms with Gasteiger partial charge in [0.2, 0.25) is 0 Å². The van der Waals surface area contributed by atoms with Gasteiger partial charge in [-0.1, -0.05) is 47.7 Å². The van der Waals surface area contributed by atoms with Crippen LogP contribution in [0.25, 0.3) is 0 Å². The maximum Gasteiger partial charge on any atom is 0.103 e. The fourth-order valence-corrected chi connectivity index (χ4v) is 3.28.